The molecule has 2 aromatic carbocycles. The van der Waals surface area contributed by atoms with Gasteiger partial charge in [-0.25, -0.2) is 4.98 Å². The molecule has 38 heavy (non-hydrogen) atoms. The van der Waals surface area contributed by atoms with Crippen molar-refractivity contribution >= 4 is 34.0 Å². The molecule has 4 aromatic rings. The van der Waals surface area contributed by atoms with E-state index >= 15 is 0 Å². The predicted molar refractivity (Wildman–Crippen MR) is 150 cm³/mol. The van der Waals surface area contributed by atoms with Gasteiger partial charge in [0.1, 0.15) is 11.4 Å². The molecular weight excluding hydrogens is 506 g/mol. The molecule has 0 bridgehead atoms. The molecule has 0 unspecified atom stereocenters. The number of nitrogens with zero attached hydrogens (tertiary/aromatic N) is 2. The van der Waals surface area contributed by atoms with E-state index in [9.17, 15) is 9.90 Å². The van der Waals surface area contributed by atoms with Crippen LogP contribution in [0.15, 0.2) is 53.5 Å². The second-order valence-electron chi connectivity index (χ2n) is 9.57. The van der Waals surface area contributed by atoms with Crippen molar-refractivity contribution < 1.29 is 14.9 Å². The lowest BCUT2D eigenvalue weighted by atomic mass is 10.1. The Balaban J connectivity index is 1.38. The van der Waals surface area contributed by atoms with Crippen molar-refractivity contribution in [2.24, 2.45) is 0 Å². The summed E-state index contributed by atoms with van der Waals surface area (Å²) in [5, 5.41) is 23.4. The number of piperidine rings is 1. The standard InChI is InChI=1S/C28H32ClN5O4/c1-17-13-20(34-9-6-21(7-10-34)38-12-11-35)15-23-26(17)33-27(32-23)25-22(5-8-30-28(25)37)31-16-24(36)18-3-2-4-19(29)14-18/h2-5,8,13-15,21,24,35-36H,6-7,9-12,16H2,1H3,(H,32,33)(H2,30,31,37)/t24-/m1/s1. The van der Waals surface area contributed by atoms with Gasteiger partial charge in [-0.3, -0.25) is 4.79 Å². The lowest BCUT2D eigenvalue weighted by Crippen LogP contribution is -2.37. The first-order valence-electron chi connectivity index (χ1n) is 12.8. The zero-order valence-electron chi connectivity index (χ0n) is 21.2. The fourth-order valence-electron chi connectivity index (χ4n) is 4.97. The molecule has 1 fully saturated rings. The topological polar surface area (TPSA) is 126 Å². The van der Waals surface area contributed by atoms with Crippen LogP contribution in [0, 0.1) is 6.92 Å². The highest BCUT2D eigenvalue weighted by atomic mass is 35.5. The molecular formula is C28H32ClN5O4. The maximum Gasteiger partial charge on any atom is 0.261 e. The Kier molecular flexibility index (Phi) is 7.99. The van der Waals surface area contributed by atoms with Gasteiger partial charge in [-0.2, -0.15) is 0 Å². The Bertz CT molecular complexity index is 1460. The highest BCUT2D eigenvalue weighted by Gasteiger charge is 2.22. The first-order valence-corrected chi connectivity index (χ1v) is 13.2. The number of ether oxygens (including phenoxy) is 1. The Morgan fingerprint density at radius 1 is 1.24 bits per heavy atom. The van der Waals surface area contributed by atoms with Crippen LogP contribution in [0.1, 0.15) is 30.1 Å². The maximum absolute atomic E-state index is 12.9. The molecule has 1 saturated heterocycles. The van der Waals surface area contributed by atoms with E-state index in [1.165, 1.54) is 0 Å². The molecule has 5 N–H and O–H groups in total. The zero-order valence-corrected chi connectivity index (χ0v) is 22.0. The molecule has 10 heteroatoms. The number of pyridine rings is 1. The molecule has 5 rings (SSSR count). The number of aliphatic hydroxyl groups is 2. The fourth-order valence-corrected chi connectivity index (χ4v) is 5.17. The van der Waals surface area contributed by atoms with Crippen LogP contribution in [0.4, 0.5) is 11.4 Å². The summed E-state index contributed by atoms with van der Waals surface area (Å²) < 4.78 is 5.70. The van der Waals surface area contributed by atoms with E-state index in [0.717, 1.165) is 48.2 Å². The summed E-state index contributed by atoms with van der Waals surface area (Å²) >= 11 is 6.06. The highest BCUT2D eigenvalue weighted by molar-refractivity contribution is 6.30. The smallest absolute Gasteiger partial charge is 0.261 e. The van der Waals surface area contributed by atoms with Crippen LogP contribution < -0.4 is 15.8 Å². The number of rotatable bonds is 9. The monoisotopic (exact) mass is 537 g/mol. The third-order valence-corrected chi connectivity index (χ3v) is 7.17. The minimum atomic E-state index is -0.806. The summed E-state index contributed by atoms with van der Waals surface area (Å²) in [5.74, 6) is 0.456. The Labute approximate surface area is 225 Å². The van der Waals surface area contributed by atoms with Crippen LogP contribution in [-0.4, -0.2) is 64.1 Å². The number of fused-ring (bicyclic) bond motifs is 1. The first kappa shape index (κ1) is 26.2. The number of hydrogen-bond donors (Lipinski definition) is 5. The van der Waals surface area contributed by atoms with Gasteiger partial charge in [0.2, 0.25) is 0 Å². The molecule has 2 aromatic heterocycles. The van der Waals surface area contributed by atoms with E-state index in [0.29, 0.717) is 34.3 Å². The average molecular weight is 538 g/mol. The van der Waals surface area contributed by atoms with E-state index < -0.39 is 6.10 Å². The summed E-state index contributed by atoms with van der Waals surface area (Å²) in [6.07, 6.45) is 2.75. The number of H-pyrrole nitrogens is 2. The first-order chi connectivity index (χ1) is 18.4. The quantitative estimate of drug-likeness (QED) is 0.218. The van der Waals surface area contributed by atoms with E-state index in [2.05, 4.69) is 32.3 Å². The summed E-state index contributed by atoms with van der Waals surface area (Å²) in [6, 6.07) is 13.0. The Morgan fingerprint density at radius 3 is 2.82 bits per heavy atom. The lowest BCUT2D eigenvalue weighted by molar-refractivity contribution is 0.0159. The van der Waals surface area contributed by atoms with Crippen molar-refractivity contribution in [2.75, 3.05) is 43.1 Å². The second kappa shape index (κ2) is 11.6. The van der Waals surface area contributed by atoms with Gasteiger partial charge in [0.15, 0.2) is 0 Å². The van der Waals surface area contributed by atoms with Gasteiger partial charge >= 0.3 is 0 Å². The molecule has 1 aliphatic rings. The largest absolute Gasteiger partial charge is 0.394 e. The number of aromatic nitrogens is 3. The molecule has 9 nitrogen and oxygen atoms in total. The van der Waals surface area contributed by atoms with E-state index in [-0.39, 0.29) is 24.8 Å². The van der Waals surface area contributed by atoms with Crippen molar-refractivity contribution in [1.82, 2.24) is 15.0 Å². The number of aliphatic hydroxyl groups excluding tert-OH is 2. The van der Waals surface area contributed by atoms with Crippen LogP contribution in [0.25, 0.3) is 22.4 Å². The zero-order chi connectivity index (χ0) is 26.6. The number of nitrogens with one attached hydrogen (secondary N) is 3. The molecule has 0 radical (unpaired) electrons. The summed E-state index contributed by atoms with van der Waals surface area (Å²) in [6.45, 7) is 4.36. The molecule has 0 amide bonds. The molecule has 0 spiro atoms. The number of halogens is 1. The SMILES string of the molecule is Cc1cc(N2CCC(OCCO)CC2)cc2[nH]c(-c3c(NC[C@@H](O)c4cccc(Cl)c4)cc[nH]c3=O)nc12. The predicted octanol–water partition coefficient (Wildman–Crippen LogP) is 4.00. The van der Waals surface area contributed by atoms with Gasteiger partial charge in [-0.15, -0.1) is 0 Å². The van der Waals surface area contributed by atoms with E-state index in [1.807, 2.05) is 6.92 Å². The van der Waals surface area contributed by atoms with Crippen molar-refractivity contribution in [1.29, 1.82) is 0 Å². The van der Waals surface area contributed by atoms with Gasteiger partial charge in [0, 0.05) is 36.5 Å². The molecule has 1 aliphatic heterocycles. The fraction of sp³-hybridized carbons (Fsp3) is 0.357. The molecule has 1 atom stereocenters. The van der Waals surface area contributed by atoms with Gasteiger partial charge in [-0.05, 0) is 61.2 Å². The van der Waals surface area contributed by atoms with Crippen molar-refractivity contribution in [2.45, 2.75) is 32.0 Å². The average Bonchev–Trinajstić information content (AvgIpc) is 3.35. The number of aromatic amines is 2. The summed E-state index contributed by atoms with van der Waals surface area (Å²) in [5.41, 5.74) is 5.11. The van der Waals surface area contributed by atoms with Gasteiger partial charge in [-0.1, -0.05) is 23.7 Å². The van der Waals surface area contributed by atoms with E-state index in [1.54, 1.807) is 36.5 Å². The normalized spacial score (nSPS) is 15.2. The van der Waals surface area contributed by atoms with Crippen molar-refractivity contribution in [3.8, 4) is 11.4 Å². The number of hydrogen-bond acceptors (Lipinski definition) is 7. The van der Waals surface area contributed by atoms with Crippen molar-refractivity contribution in [3.63, 3.8) is 0 Å². The van der Waals surface area contributed by atoms with Crippen LogP contribution in [0.2, 0.25) is 5.02 Å². The number of benzene rings is 2. The van der Waals surface area contributed by atoms with Crippen LogP contribution in [0.5, 0.6) is 0 Å². The number of imidazole rings is 1. The van der Waals surface area contributed by atoms with Gasteiger partial charge in [0.25, 0.3) is 5.56 Å². The maximum atomic E-state index is 12.9. The third kappa shape index (κ3) is 5.71. The van der Waals surface area contributed by atoms with Gasteiger partial charge in [0.05, 0.1) is 42.1 Å². The number of aryl methyl sites for hydroxylation is 1. The highest BCUT2D eigenvalue weighted by Crippen LogP contribution is 2.31. The van der Waals surface area contributed by atoms with Crippen LogP contribution >= 0.6 is 11.6 Å². The molecule has 0 saturated carbocycles. The lowest BCUT2D eigenvalue weighted by Gasteiger charge is -2.33. The number of anilines is 2. The molecule has 3 heterocycles. The summed E-state index contributed by atoms with van der Waals surface area (Å²) in [4.78, 5) is 26.1. The minimum absolute atomic E-state index is 0.0438. The van der Waals surface area contributed by atoms with Gasteiger partial charge < -0.3 is 35.1 Å². The van der Waals surface area contributed by atoms with Crippen LogP contribution in [-0.2, 0) is 4.74 Å². The second-order valence-corrected chi connectivity index (χ2v) is 10.0. The van der Waals surface area contributed by atoms with Crippen LogP contribution in [0.3, 0.4) is 0 Å². The minimum Gasteiger partial charge on any atom is -0.394 e. The molecule has 0 aliphatic carbocycles. The van der Waals surface area contributed by atoms with Crippen molar-refractivity contribution in [3.05, 3.63) is 75.2 Å². The molecule has 200 valence electrons. The summed E-state index contributed by atoms with van der Waals surface area (Å²) in [7, 11) is 0. The third-order valence-electron chi connectivity index (χ3n) is 6.93. The Morgan fingerprint density at radius 2 is 2.05 bits per heavy atom. The Hall–Kier alpha value is -3.37. The van der Waals surface area contributed by atoms with E-state index in [4.69, 9.17) is 26.4 Å².